The molecule has 0 aliphatic heterocycles. The summed E-state index contributed by atoms with van der Waals surface area (Å²) in [6, 6.07) is 7.85. The van der Waals surface area contributed by atoms with Crippen LogP contribution < -0.4 is 5.32 Å². The highest BCUT2D eigenvalue weighted by Gasteiger charge is 2.16. The van der Waals surface area contributed by atoms with E-state index in [4.69, 9.17) is 11.6 Å². The molecule has 0 saturated heterocycles. The van der Waals surface area contributed by atoms with Gasteiger partial charge in [0.15, 0.2) is 0 Å². The molecular formula is C13H7ClFIN2O3. The highest BCUT2D eigenvalue weighted by molar-refractivity contribution is 14.1. The zero-order valence-corrected chi connectivity index (χ0v) is 13.2. The maximum atomic E-state index is 13.2. The Morgan fingerprint density at radius 1 is 1.29 bits per heavy atom. The number of hydrogen-bond donors (Lipinski definition) is 1. The molecule has 2 rings (SSSR count). The van der Waals surface area contributed by atoms with Crippen molar-refractivity contribution in [3.63, 3.8) is 0 Å². The summed E-state index contributed by atoms with van der Waals surface area (Å²) in [7, 11) is 0. The summed E-state index contributed by atoms with van der Waals surface area (Å²) in [5, 5.41) is 13.5. The summed E-state index contributed by atoms with van der Waals surface area (Å²) in [5.74, 6) is -1.45. The van der Waals surface area contributed by atoms with Gasteiger partial charge in [-0.15, -0.1) is 0 Å². The Morgan fingerprint density at radius 2 is 2.00 bits per heavy atom. The average Bonchev–Trinajstić information content (AvgIpc) is 2.43. The zero-order chi connectivity index (χ0) is 15.6. The van der Waals surface area contributed by atoms with Gasteiger partial charge in [-0.25, -0.2) is 0 Å². The van der Waals surface area contributed by atoms with Crippen LogP contribution in [0, 0.1) is 19.5 Å². The molecule has 1 N–H and O–H groups in total. The van der Waals surface area contributed by atoms with Crippen molar-refractivity contribution in [2.24, 2.45) is 0 Å². The summed E-state index contributed by atoms with van der Waals surface area (Å²) in [5.41, 5.74) is -0.274. The first-order valence-corrected chi connectivity index (χ1v) is 7.04. The molecule has 0 heterocycles. The van der Waals surface area contributed by atoms with Gasteiger partial charge in [0.25, 0.3) is 5.91 Å². The number of amides is 1. The minimum absolute atomic E-state index is 0.128. The Kier molecular flexibility index (Phi) is 4.73. The van der Waals surface area contributed by atoms with Crippen LogP contribution in [0.2, 0.25) is 5.02 Å². The lowest BCUT2D eigenvalue weighted by atomic mass is 10.2. The number of nitro benzene ring substituents is 1. The number of nitrogens with zero attached hydrogens (tertiary/aromatic N) is 1. The van der Waals surface area contributed by atoms with Gasteiger partial charge in [0.1, 0.15) is 0 Å². The van der Waals surface area contributed by atoms with Crippen LogP contribution in [-0.4, -0.2) is 10.8 Å². The fourth-order valence-corrected chi connectivity index (χ4v) is 2.09. The van der Waals surface area contributed by atoms with Gasteiger partial charge in [-0.1, -0.05) is 11.6 Å². The molecule has 0 bridgehead atoms. The Hall–Kier alpha value is -1.74. The van der Waals surface area contributed by atoms with Crippen LogP contribution in [0.4, 0.5) is 15.8 Å². The van der Waals surface area contributed by atoms with Gasteiger partial charge >= 0.3 is 5.69 Å². The standard InChI is InChI=1S/C13H7ClFIN2O3/c14-9-5-7(1-4-11(9)16)13(19)17-8-2-3-10(15)12(6-8)18(20)21/h1-6H,(H,17,19). The normalized spacial score (nSPS) is 10.2. The summed E-state index contributed by atoms with van der Waals surface area (Å²) in [6.07, 6.45) is 0. The van der Waals surface area contributed by atoms with Crippen molar-refractivity contribution in [1.82, 2.24) is 0 Å². The van der Waals surface area contributed by atoms with Crippen LogP contribution in [0.15, 0.2) is 36.4 Å². The van der Waals surface area contributed by atoms with Crippen LogP contribution in [0.5, 0.6) is 0 Å². The molecule has 0 radical (unpaired) electrons. The third kappa shape index (κ3) is 3.67. The Morgan fingerprint density at radius 3 is 2.62 bits per heavy atom. The zero-order valence-electron chi connectivity index (χ0n) is 10.3. The van der Waals surface area contributed by atoms with Gasteiger partial charge in [-0.2, -0.15) is 4.39 Å². The molecule has 0 aliphatic rings. The van der Waals surface area contributed by atoms with E-state index in [9.17, 15) is 19.3 Å². The van der Waals surface area contributed by atoms with Gasteiger partial charge in [0.05, 0.1) is 9.95 Å². The molecule has 2 aromatic rings. The van der Waals surface area contributed by atoms with Gasteiger partial charge in [-0.05, 0) is 52.9 Å². The Labute approximate surface area is 137 Å². The second-order valence-corrected chi connectivity index (χ2v) is 5.58. The first-order valence-electron chi connectivity index (χ1n) is 5.59. The van der Waals surface area contributed by atoms with E-state index in [1.807, 2.05) is 22.6 Å². The molecule has 0 spiro atoms. The first kappa shape index (κ1) is 15.6. The number of carbonyl (C=O) groups excluding carboxylic acids is 1. The molecule has 108 valence electrons. The summed E-state index contributed by atoms with van der Waals surface area (Å²) in [4.78, 5) is 21.8. The smallest absolute Gasteiger partial charge is 0.306 e. The second-order valence-electron chi connectivity index (χ2n) is 4.01. The quantitative estimate of drug-likeness (QED) is 0.458. The van der Waals surface area contributed by atoms with Crippen LogP contribution in [0.3, 0.4) is 0 Å². The third-order valence-corrected chi connectivity index (χ3v) is 4.15. The first-order chi connectivity index (χ1) is 9.88. The van der Waals surface area contributed by atoms with Crippen molar-refractivity contribution in [1.29, 1.82) is 0 Å². The molecule has 0 saturated carbocycles. The van der Waals surface area contributed by atoms with E-state index in [0.717, 1.165) is 15.7 Å². The van der Waals surface area contributed by atoms with Gasteiger partial charge in [-0.3, -0.25) is 14.9 Å². The van der Waals surface area contributed by atoms with E-state index in [1.165, 1.54) is 12.1 Å². The van der Waals surface area contributed by atoms with E-state index in [2.05, 4.69) is 5.32 Å². The largest absolute Gasteiger partial charge is 0.322 e. The predicted molar refractivity (Wildman–Crippen MR) is 85.2 cm³/mol. The van der Waals surface area contributed by atoms with Crippen molar-refractivity contribution >= 4 is 51.5 Å². The molecular weight excluding hydrogens is 414 g/mol. The minimum atomic E-state index is -0.963. The topological polar surface area (TPSA) is 72.2 Å². The number of nitro groups is 1. The van der Waals surface area contributed by atoms with Gasteiger partial charge in [0.2, 0.25) is 5.82 Å². The average molecular weight is 421 g/mol. The van der Waals surface area contributed by atoms with Crippen molar-refractivity contribution in [2.75, 3.05) is 5.32 Å². The fourth-order valence-electron chi connectivity index (χ4n) is 1.57. The van der Waals surface area contributed by atoms with E-state index >= 15 is 0 Å². The molecule has 5 nitrogen and oxygen atoms in total. The van der Waals surface area contributed by atoms with Crippen molar-refractivity contribution in [2.45, 2.75) is 0 Å². The molecule has 0 aliphatic carbocycles. The van der Waals surface area contributed by atoms with Crippen molar-refractivity contribution in [3.05, 3.63) is 66.5 Å². The Bertz CT molecular complexity index is 739. The molecule has 2 aromatic carbocycles. The monoisotopic (exact) mass is 420 g/mol. The number of hydrogen-bond acceptors (Lipinski definition) is 3. The maximum absolute atomic E-state index is 13.2. The van der Waals surface area contributed by atoms with E-state index in [1.54, 1.807) is 12.1 Å². The number of benzene rings is 2. The number of halogens is 3. The summed E-state index contributed by atoms with van der Waals surface area (Å²) in [6.45, 7) is 0. The lowest BCUT2D eigenvalue weighted by Gasteiger charge is -2.06. The lowest BCUT2D eigenvalue weighted by molar-refractivity contribution is -0.387. The van der Waals surface area contributed by atoms with Crippen LogP contribution >= 0.6 is 34.2 Å². The molecule has 0 fully saturated rings. The molecule has 21 heavy (non-hydrogen) atoms. The lowest BCUT2D eigenvalue weighted by Crippen LogP contribution is -2.12. The number of nitrogens with one attached hydrogen (secondary N) is 1. The number of rotatable bonds is 3. The maximum Gasteiger partial charge on any atom is 0.306 e. The summed E-state index contributed by atoms with van der Waals surface area (Å²) < 4.78 is 14.0. The highest BCUT2D eigenvalue weighted by atomic mass is 127. The van der Waals surface area contributed by atoms with Crippen LogP contribution in [-0.2, 0) is 0 Å². The SMILES string of the molecule is O=C(Nc1ccc(F)c([N+](=O)[O-])c1)c1ccc(I)c(Cl)c1. The molecule has 0 atom stereocenters. The van der Waals surface area contributed by atoms with E-state index in [-0.39, 0.29) is 5.69 Å². The highest BCUT2D eigenvalue weighted by Crippen LogP contribution is 2.23. The van der Waals surface area contributed by atoms with Gasteiger partial charge < -0.3 is 5.32 Å². The second kappa shape index (κ2) is 6.35. The van der Waals surface area contributed by atoms with Crippen LogP contribution in [0.25, 0.3) is 0 Å². The van der Waals surface area contributed by atoms with Crippen molar-refractivity contribution < 1.29 is 14.1 Å². The predicted octanol–water partition coefficient (Wildman–Crippen LogP) is 4.24. The number of anilines is 1. The molecule has 0 aromatic heterocycles. The summed E-state index contributed by atoms with van der Waals surface area (Å²) >= 11 is 7.94. The van der Waals surface area contributed by atoms with E-state index < -0.39 is 22.3 Å². The molecule has 0 unspecified atom stereocenters. The molecule has 1 amide bonds. The van der Waals surface area contributed by atoms with Crippen LogP contribution in [0.1, 0.15) is 10.4 Å². The van der Waals surface area contributed by atoms with Gasteiger partial charge in [0, 0.05) is 20.9 Å². The van der Waals surface area contributed by atoms with Crippen molar-refractivity contribution in [3.8, 4) is 0 Å². The van der Waals surface area contributed by atoms with E-state index in [0.29, 0.717) is 10.6 Å². The molecule has 8 heteroatoms. The minimum Gasteiger partial charge on any atom is -0.322 e. The third-order valence-electron chi connectivity index (χ3n) is 2.58. The number of carbonyl (C=O) groups is 1. The Balaban J connectivity index is 2.25. The fraction of sp³-hybridized carbons (Fsp3) is 0.